The summed E-state index contributed by atoms with van der Waals surface area (Å²) in [5, 5.41) is 7.60. The van der Waals surface area contributed by atoms with Crippen molar-refractivity contribution in [3.63, 3.8) is 0 Å². The third kappa shape index (κ3) is 3.60. The van der Waals surface area contributed by atoms with Crippen molar-refractivity contribution in [3.8, 4) is 11.4 Å². The van der Waals surface area contributed by atoms with Crippen LogP contribution in [0.2, 0.25) is 0 Å². The molecule has 0 bridgehead atoms. The van der Waals surface area contributed by atoms with E-state index >= 15 is 0 Å². The van der Waals surface area contributed by atoms with Gasteiger partial charge in [-0.05, 0) is 24.6 Å². The van der Waals surface area contributed by atoms with Crippen LogP contribution in [0.15, 0.2) is 53.3 Å². The molecule has 1 unspecified atom stereocenters. The minimum atomic E-state index is 0.261. The molecular formula is C19H21N5O. The van der Waals surface area contributed by atoms with E-state index in [1.807, 2.05) is 24.4 Å². The number of aromatic nitrogens is 3. The summed E-state index contributed by atoms with van der Waals surface area (Å²) in [5.41, 5.74) is 3.37. The molecule has 128 valence electrons. The lowest BCUT2D eigenvalue weighted by Crippen LogP contribution is -2.45. The Morgan fingerprint density at radius 3 is 3.08 bits per heavy atom. The Hall–Kier alpha value is -2.57. The number of aryl methyl sites for hydroxylation is 1. The zero-order chi connectivity index (χ0) is 17.1. The number of hydrogen-bond acceptors (Lipinski definition) is 6. The van der Waals surface area contributed by atoms with Gasteiger partial charge in [-0.1, -0.05) is 35.0 Å². The second kappa shape index (κ2) is 7.13. The lowest BCUT2D eigenvalue weighted by Gasteiger charge is -2.35. The van der Waals surface area contributed by atoms with Gasteiger partial charge in [0.1, 0.15) is 0 Å². The molecule has 6 nitrogen and oxygen atoms in total. The van der Waals surface area contributed by atoms with Crippen molar-refractivity contribution in [2.75, 3.05) is 19.6 Å². The summed E-state index contributed by atoms with van der Waals surface area (Å²) in [6.45, 7) is 5.48. The fourth-order valence-electron chi connectivity index (χ4n) is 3.23. The highest BCUT2D eigenvalue weighted by Crippen LogP contribution is 2.24. The number of nitrogens with zero attached hydrogens (tertiary/aromatic N) is 4. The Bertz CT molecular complexity index is 833. The van der Waals surface area contributed by atoms with E-state index in [2.05, 4.69) is 50.5 Å². The van der Waals surface area contributed by atoms with Crippen molar-refractivity contribution in [2.45, 2.75) is 19.5 Å². The van der Waals surface area contributed by atoms with Crippen molar-refractivity contribution >= 4 is 0 Å². The highest BCUT2D eigenvalue weighted by atomic mass is 16.5. The van der Waals surface area contributed by atoms with Crippen LogP contribution in [0.4, 0.5) is 0 Å². The van der Waals surface area contributed by atoms with Crippen LogP contribution in [0.1, 0.15) is 23.1 Å². The van der Waals surface area contributed by atoms with Crippen LogP contribution in [0, 0.1) is 6.92 Å². The van der Waals surface area contributed by atoms with Gasteiger partial charge in [0.15, 0.2) is 0 Å². The number of pyridine rings is 1. The van der Waals surface area contributed by atoms with E-state index in [0.717, 1.165) is 25.2 Å². The average Bonchev–Trinajstić information content (AvgIpc) is 3.12. The van der Waals surface area contributed by atoms with E-state index in [1.165, 1.54) is 11.1 Å². The maximum Gasteiger partial charge on any atom is 0.241 e. The number of piperazine rings is 1. The lowest BCUT2D eigenvalue weighted by atomic mass is 10.1. The molecule has 0 radical (unpaired) electrons. The van der Waals surface area contributed by atoms with Crippen LogP contribution >= 0.6 is 0 Å². The Balaban J connectivity index is 1.53. The van der Waals surface area contributed by atoms with Crippen LogP contribution in [-0.4, -0.2) is 39.7 Å². The molecule has 3 aromatic rings. The first-order valence-corrected chi connectivity index (χ1v) is 8.54. The zero-order valence-electron chi connectivity index (χ0n) is 14.2. The molecule has 0 saturated carbocycles. The van der Waals surface area contributed by atoms with Gasteiger partial charge in [0.05, 0.1) is 6.54 Å². The Labute approximate surface area is 146 Å². The molecular weight excluding hydrogens is 314 g/mol. The molecule has 1 saturated heterocycles. The van der Waals surface area contributed by atoms with Gasteiger partial charge in [0.25, 0.3) is 0 Å². The predicted octanol–water partition coefficient (Wildman–Crippen LogP) is 2.59. The van der Waals surface area contributed by atoms with Gasteiger partial charge in [-0.3, -0.25) is 9.88 Å². The second-order valence-corrected chi connectivity index (χ2v) is 6.36. The van der Waals surface area contributed by atoms with Crippen molar-refractivity contribution < 1.29 is 4.52 Å². The number of hydrogen-bond donors (Lipinski definition) is 1. The van der Waals surface area contributed by atoms with Crippen LogP contribution in [0.25, 0.3) is 11.4 Å². The molecule has 1 atom stereocenters. The topological polar surface area (TPSA) is 67.1 Å². The molecule has 1 aliphatic rings. The average molecular weight is 335 g/mol. The first kappa shape index (κ1) is 15.9. The standard InChI is InChI=1S/C19H21N5O/c1-14-4-2-5-15(10-14)19-22-18(25-23-19)13-24-9-8-21-12-17(24)16-6-3-7-20-11-16/h2-7,10-11,17,21H,8-9,12-13H2,1H3. The fourth-order valence-corrected chi connectivity index (χ4v) is 3.23. The zero-order valence-corrected chi connectivity index (χ0v) is 14.2. The van der Waals surface area contributed by atoms with Gasteiger partial charge in [-0.25, -0.2) is 0 Å². The van der Waals surface area contributed by atoms with Crippen LogP contribution in [-0.2, 0) is 6.54 Å². The molecule has 1 fully saturated rings. The maximum atomic E-state index is 5.51. The Kier molecular flexibility index (Phi) is 4.54. The first-order chi connectivity index (χ1) is 12.3. The molecule has 1 aliphatic heterocycles. The van der Waals surface area contributed by atoms with Crippen LogP contribution in [0.3, 0.4) is 0 Å². The van der Waals surface area contributed by atoms with Crippen LogP contribution < -0.4 is 5.32 Å². The molecule has 1 aromatic carbocycles. The summed E-state index contributed by atoms with van der Waals surface area (Å²) in [4.78, 5) is 11.2. The SMILES string of the molecule is Cc1cccc(-c2noc(CN3CCNCC3c3cccnc3)n2)c1. The third-order valence-electron chi connectivity index (χ3n) is 4.51. The molecule has 2 aromatic heterocycles. The van der Waals surface area contributed by atoms with Gasteiger partial charge in [0.2, 0.25) is 11.7 Å². The summed E-state index contributed by atoms with van der Waals surface area (Å²) in [7, 11) is 0. The van der Waals surface area contributed by atoms with E-state index in [-0.39, 0.29) is 6.04 Å². The summed E-state index contributed by atoms with van der Waals surface area (Å²) in [5.74, 6) is 1.29. The third-order valence-corrected chi connectivity index (χ3v) is 4.51. The summed E-state index contributed by atoms with van der Waals surface area (Å²) in [6.07, 6.45) is 3.73. The summed E-state index contributed by atoms with van der Waals surface area (Å²) < 4.78 is 5.51. The monoisotopic (exact) mass is 335 g/mol. The van der Waals surface area contributed by atoms with Gasteiger partial charge < -0.3 is 9.84 Å². The largest absolute Gasteiger partial charge is 0.338 e. The molecule has 4 rings (SSSR count). The summed E-state index contributed by atoms with van der Waals surface area (Å²) in [6, 6.07) is 12.5. The lowest BCUT2D eigenvalue weighted by molar-refractivity contribution is 0.135. The minimum Gasteiger partial charge on any atom is -0.338 e. The van der Waals surface area contributed by atoms with Crippen molar-refractivity contribution in [2.24, 2.45) is 0 Å². The molecule has 1 N–H and O–H groups in total. The normalized spacial score (nSPS) is 18.4. The smallest absolute Gasteiger partial charge is 0.241 e. The number of rotatable bonds is 4. The van der Waals surface area contributed by atoms with Crippen molar-refractivity contribution in [1.29, 1.82) is 0 Å². The minimum absolute atomic E-state index is 0.261. The van der Waals surface area contributed by atoms with E-state index < -0.39 is 0 Å². The van der Waals surface area contributed by atoms with Gasteiger partial charge >= 0.3 is 0 Å². The second-order valence-electron chi connectivity index (χ2n) is 6.36. The molecule has 0 spiro atoms. The Morgan fingerprint density at radius 1 is 1.28 bits per heavy atom. The van der Waals surface area contributed by atoms with Crippen molar-refractivity contribution in [3.05, 3.63) is 65.8 Å². The molecule has 0 amide bonds. The quantitative estimate of drug-likeness (QED) is 0.790. The predicted molar refractivity (Wildman–Crippen MR) is 94.7 cm³/mol. The van der Waals surface area contributed by atoms with Gasteiger partial charge in [-0.15, -0.1) is 0 Å². The van der Waals surface area contributed by atoms with Crippen molar-refractivity contribution in [1.82, 2.24) is 25.3 Å². The molecule has 0 aliphatic carbocycles. The highest BCUT2D eigenvalue weighted by Gasteiger charge is 2.25. The van der Waals surface area contributed by atoms with Crippen LogP contribution in [0.5, 0.6) is 0 Å². The molecule has 3 heterocycles. The maximum absolute atomic E-state index is 5.51. The van der Waals surface area contributed by atoms with Gasteiger partial charge in [0, 0.05) is 43.6 Å². The highest BCUT2D eigenvalue weighted by molar-refractivity contribution is 5.55. The van der Waals surface area contributed by atoms with E-state index in [0.29, 0.717) is 18.3 Å². The number of nitrogens with one attached hydrogen (secondary N) is 1. The number of benzene rings is 1. The molecule has 25 heavy (non-hydrogen) atoms. The van der Waals surface area contributed by atoms with E-state index in [9.17, 15) is 0 Å². The first-order valence-electron chi connectivity index (χ1n) is 8.54. The summed E-state index contributed by atoms with van der Waals surface area (Å²) >= 11 is 0. The fraction of sp³-hybridized carbons (Fsp3) is 0.316. The van der Waals surface area contributed by atoms with Gasteiger partial charge in [-0.2, -0.15) is 4.98 Å². The van der Waals surface area contributed by atoms with E-state index in [4.69, 9.17) is 4.52 Å². The Morgan fingerprint density at radius 2 is 2.24 bits per heavy atom. The van der Waals surface area contributed by atoms with E-state index in [1.54, 1.807) is 6.20 Å². The molecule has 6 heteroatoms.